The van der Waals surface area contributed by atoms with Gasteiger partial charge in [-0.2, -0.15) is 9.65 Å². The molecule has 2 aromatic heterocycles. The first-order chi connectivity index (χ1) is 24.0. The number of hydrogen-bond donors (Lipinski definition) is 2. The van der Waals surface area contributed by atoms with E-state index in [1.807, 2.05) is 0 Å². The molecule has 2 N–H and O–H groups in total. The van der Waals surface area contributed by atoms with Crippen LogP contribution in [-0.4, -0.2) is 65.3 Å². The number of ether oxygens (including phenoxy) is 2. The third-order valence-corrected chi connectivity index (χ3v) is 8.41. The van der Waals surface area contributed by atoms with E-state index in [0.29, 0.717) is 6.07 Å². The van der Waals surface area contributed by atoms with Crippen LogP contribution >= 0.6 is 0 Å². The molecule has 0 unspecified atom stereocenters. The van der Waals surface area contributed by atoms with Crippen LogP contribution in [0, 0.1) is 34.6 Å². The lowest BCUT2D eigenvalue weighted by Gasteiger charge is -2.36. The number of carbonyl (C=O) groups excluding carboxylic acids is 1. The maximum Gasteiger partial charge on any atom is 0.410 e. The van der Waals surface area contributed by atoms with E-state index in [2.05, 4.69) is 20.3 Å². The van der Waals surface area contributed by atoms with Gasteiger partial charge in [0.25, 0.3) is 0 Å². The molecular weight excluding hydrogens is 701 g/mol. The highest BCUT2D eigenvalue weighted by atomic mass is 32.2. The lowest BCUT2D eigenvalue weighted by Crippen LogP contribution is -2.51. The Morgan fingerprint density at radius 3 is 2.51 bits per heavy atom. The fourth-order valence-electron chi connectivity index (χ4n) is 5.02. The van der Waals surface area contributed by atoms with Crippen LogP contribution in [0.5, 0.6) is 11.6 Å². The lowest BCUT2D eigenvalue weighted by molar-refractivity contribution is 0.0124. The average Bonchev–Trinajstić information content (AvgIpc) is 3.05. The Balaban J connectivity index is 1.34. The predicted molar refractivity (Wildman–Crippen MR) is 174 cm³/mol. The van der Waals surface area contributed by atoms with Gasteiger partial charge in [0.1, 0.15) is 23.3 Å². The molecule has 1 saturated heterocycles. The second-order valence-electron chi connectivity index (χ2n) is 12.4. The number of amides is 1. The number of halogens is 5. The number of nitrogens with one attached hydrogen (secondary N) is 2. The molecule has 1 fully saturated rings. The van der Waals surface area contributed by atoms with Gasteiger partial charge >= 0.3 is 6.09 Å². The molecule has 51 heavy (non-hydrogen) atoms. The molecule has 0 radical (unpaired) electrons. The summed E-state index contributed by atoms with van der Waals surface area (Å²) in [6, 6.07) is 8.85. The quantitative estimate of drug-likeness (QED) is 0.145. The van der Waals surface area contributed by atoms with E-state index >= 15 is 13.2 Å². The molecular formula is C33H30F5N7O5S. The topological polar surface area (TPSA) is 159 Å². The van der Waals surface area contributed by atoms with Gasteiger partial charge in [0, 0.05) is 43.0 Å². The second-order valence-corrected chi connectivity index (χ2v) is 14.1. The Kier molecular flexibility index (Phi) is 10.6. The maximum atomic E-state index is 15.2. The molecule has 0 aliphatic carbocycles. The predicted octanol–water partition coefficient (Wildman–Crippen LogP) is 6.46. The highest BCUT2D eigenvalue weighted by Crippen LogP contribution is 2.36. The first kappa shape index (κ1) is 36.7. The van der Waals surface area contributed by atoms with Gasteiger partial charge in [-0.25, -0.2) is 45.7 Å². The molecule has 18 heteroatoms. The van der Waals surface area contributed by atoms with Gasteiger partial charge in [0.05, 0.1) is 35.2 Å². The van der Waals surface area contributed by atoms with Crippen LogP contribution in [0.25, 0.3) is 11.3 Å². The number of likely N-dealkylation sites (tertiary alicyclic amines) is 1. The molecule has 2 atom stereocenters. The van der Waals surface area contributed by atoms with Crippen molar-refractivity contribution < 1.29 is 44.6 Å². The van der Waals surface area contributed by atoms with Crippen LogP contribution < -0.4 is 14.8 Å². The molecule has 12 nitrogen and oxygen atoms in total. The number of alkyl halides is 1. The molecule has 4 aromatic rings. The fraction of sp³-hybridized carbons (Fsp3) is 0.303. The van der Waals surface area contributed by atoms with Gasteiger partial charge < -0.3 is 19.7 Å². The van der Waals surface area contributed by atoms with Crippen molar-refractivity contribution in [3.05, 3.63) is 89.3 Å². The van der Waals surface area contributed by atoms with Gasteiger partial charge in [-0.15, -0.1) is 0 Å². The van der Waals surface area contributed by atoms with E-state index in [1.165, 1.54) is 35.5 Å². The summed E-state index contributed by atoms with van der Waals surface area (Å²) in [5.74, 6) is -8.69. The van der Waals surface area contributed by atoms with Gasteiger partial charge in [-0.3, -0.25) is 4.72 Å². The van der Waals surface area contributed by atoms with Crippen LogP contribution in [0.3, 0.4) is 0 Å². The van der Waals surface area contributed by atoms with Crippen molar-refractivity contribution in [1.82, 2.24) is 19.9 Å². The van der Waals surface area contributed by atoms with Crippen LogP contribution in [0.2, 0.25) is 0 Å². The van der Waals surface area contributed by atoms with Crippen molar-refractivity contribution in [3.8, 4) is 29.0 Å². The number of benzene rings is 2. The molecule has 0 bridgehead atoms. The van der Waals surface area contributed by atoms with E-state index in [-0.39, 0.29) is 48.2 Å². The van der Waals surface area contributed by atoms with Gasteiger partial charge in [-0.1, -0.05) is 6.07 Å². The van der Waals surface area contributed by atoms with E-state index in [1.54, 1.807) is 31.6 Å². The summed E-state index contributed by atoms with van der Waals surface area (Å²) >= 11 is 0. The minimum atomic E-state index is -4.68. The zero-order chi connectivity index (χ0) is 37.1. The number of nitriles is 1. The first-order valence-electron chi connectivity index (χ1n) is 15.2. The molecule has 0 saturated carbocycles. The summed E-state index contributed by atoms with van der Waals surface area (Å²) in [4.78, 5) is 26.4. The summed E-state index contributed by atoms with van der Waals surface area (Å²) in [6.45, 7) is 5.03. The normalized spacial score (nSPS) is 16.3. The summed E-state index contributed by atoms with van der Waals surface area (Å²) < 4.78 is 112. The molecule has 1 aliphatic rings. The summed E-state index contributed by atoms with van der Waals surface area (Å²) in [6.07, 6.45) is 0.625. The van der Waals surface area contributed by atoms with Gasteiger partial charge in [0.15, 0.2) is 17.4 Å². The zero-order valence-corrected chi connectivity index (χ0v) is 28.1. The Labute approximate surface area is 289 Å². The van der Waals surface area contributed by atoms with Crippen molar-refractivity contribution in [2.45, 2.75) is 50.8 Å². The largest absolute Gasteiger partial charge is 0.444 e. The SMILES string of the molecule is CC(C)(C)OC(=O)N1C[C@@H](F)C[C@H](Nc2nccc(-c3cccnc3Oc3cc(F)c(NS(=O)(=O)Cc4ccc(C#N)cc4F)c(F)c3F)n2)C1. The fourth-order valence-corrected chi connectivity index (χ4v) is 6.23. The lowest BCUT2D eigenvalue weighted by atomic mass is 10.0. The minimum absolute atomic E-state index is 0.0336. The number of carbonyl (C=O) groups is 1. The van der Waals surface area contributed by atoms with E-state index in [4.69, 9.17) is 14.7 Å². The third-order valence-electron chi connectivity index (χ3n) is 7.20. The Morgan fingerprint density at radius 1 is 1.04 bits per heavy atom. The maximum absolute atomic E-state index is 15.2. The van der Waals surface area contributed by atoms with Crippen LogP contribution in [0.4, 0.5) is 38.4 Å². The molecule has 1 amide bonds. The first-order valence-corrected chi connectivity index (χ1v) is 16.9. The summed E-state index contributed by atoms with van der Waals surface area (Å²) in [5.41, 5.74) is -2.34. The highest BCUT2D eigenvalue weighted by Gasteiger charge is 2.33. The number of pyridine rings is 1. The number of hydrogen-bond acceptors (Lipinski definition) is 10. The van der Waals surface area contributed by atoms with Crippen molar-refractivity contribution in [2.24, 2.45) is 0 Å². The third kappa shape index (κ3) is 9.16. The van der Waals surface area contributed by atoms with Crippen molar-refractivity contribution in [2.75, 3.05) is 23.1 Å². The minimum Gasteiger partial charge on any atom is -0.444 e. The molecule has 0 spiro atoms. The molecule has 1 aliphatic heterocycles. The Bertz CT molecular complexity index is 2110. The number of sulfonamides is 1. The second kappa shape index (κ2) is 14.7. The Hall–Kier alpha value is -5.57. The summed E-state index contributed by atoms with van der Waals surface area (Å²) in [5, 5.41) is 11.9. The number of aromatic nitrogens is 3. The van der Waals surface area contributed by atoms with Crippen LogP contribution in [0.15, 0.2) is 54.9 Å². The smallest absolute Gasteiger partial charge is 0.410 e. The number of nitrogens with zero attached hydrogens (tertiary/aromatic N) is 5. The van der Waals surface area contributed by atoms with Crippen molar-refractivity contribution >= 4 is 27.8 Å². The molecule has 3 heterocycles. The molecule has 5 rings (SSSR count). The monoisotopic (exact) mass is 731 g/mol. The summed E-state index contributed by atoms with van der Waals surface area (Å²) in [7, 11) is -4.68. The van der Waals surface area contributed by atoms with Crippen molar-refractivity contribution in [3.63, 3.8) is 0 Å². The number of anilines is 2. The number of rotatable bonds is 9. The molecule has 2 aromatic carbocycles. The van der Waals surface area contributed by atoms with Crippen LogP contribution in [-0.2, 0) is 20.5 Å². The van der Waals surface area contributed by atoms with E-state index < -0.39 is 80.0 Å². The van der Waals surface area contributed by atoms with E-state index in [0.717, 1.165) is 18.2 Å². The average molecular weight is 732 g/mol. The molecule has 268 valence electrons. The van der Waals surface area contributed by atoms with Crippen LogP contribution in [0.1, 0.15) is 38.3 Å². The van der Waals surface area contributed by atoms with Gasteiger partial charge in [-0.05, 0) is 51.1 Å². The number of piperidine rings is 1. The highest BCUT2D eigenvalue weighted by molar-refractivity contribution is 7.91. The Morgan fingerprint density at radius 2 is 1.80 bits per heavy atom. The van der Waals surface area contributed by atoms with Gasteiger partial charge in [0.2, 0.25) is 27.7 Å². The van der Waals surface area contributed by atoms with Crippen molar-refractivity contribution in [1.29, 1.82) is 5.26 Å². The standard InChI is InChI=1S/C33H30F5N7O5S/c1-33(2,3)50-32(46)45-15-20(34)12-21(16-45)42-31-41-10-8-25(43-31)22-5-4-9-40-30(22)49-26-13-24(36)29(28(38)27(26)37)44-51(47,48)17-19-7-6-18(14-39)11-23(19)35/h4-11,13,20-21,44H,12,15-17H2,1-3H3,(H,41,42,43)/t20-,21-/m0/s1. The van der Waals surface area contributed by atoms with E-state index in [9.17, 15) is 22.0 Å². The zero-order valence-electron chi connectivity index (χ0n) is 27.3.